The molecule has 2 rings (SSSR count). The maximum absolute atomic E-state index is 12.5. The van der Waals surface area contributed by atoms with E-state index in [0.717, 1.165) is 5.56 Å². The number of carbonyl (C=O) groups excluding carboxylic acids is 1. The molecular formula is C16H22N2O5S. The van der Waals surface area contributed by atoms with Crippen molar-refractivity contribution in [3.05, 3.63) is 23.8 Å². The first-order valence-electron chi connectivity index (χ1n) is 7.82. The first-order valence-corrected chi connectivity index (χ1v) is 9.30. The number of hydrogen-bond acceptors (Lipinski definition) is 4. The molecule has 0 aliphatic heterocycles. The molecule has 1 fully saturated rings. The van der Waals surface area contributed by atoms with E-state index in [1.807, 2.05) is 0 Å². The summed E-state index contributed by atoms with van der Waals surface area (Å²) in [7, 11) is -3.72. The Bertz CT molecular complexity index is 737. The summed E-state index contributed by atoms with van der Waals surface area (Å²) in [5.41, 5.74) is 1.23. The van der Waals surface area contributed by atoms with E-state index in [9.17, 15) is 18.0 Å². The number of sulfonamides is 1. The largest absolute Gasteiger partial charge is 0.481 e. The standard InChI is InChI=1S/C16H22N2O5S/c1-10-3-8-14(9-15(10)17-11(2)19)24(22,23)18-13-6-4-12(5-7-13)16(20)21/h3,8-9,12-13,18H,4-7H2,1-2H3,(H,17,19)(H,20,21). The Morgan fingerprint density at radius 3 is 2.33 bits per heavy atom. The van der Waals surface area contributed by atoms with Crippen LogP contribution in [0.1, 0.15) is 38.2 Å². The van der Waals surface area contributed by atoms with Gasteiger partial charge in [0, 0.05) is 18.7 Å². The molecule has 1 saturated carbocycles. The molecule has 8 heteroatoms. The second-order valence-electron chi connectivity index (χ2n) is 6.17. The fourth-order valence-electron chi connectivity index (χ4n) is 2.84. The second kappa shape index (κ2) is 7.31. The summed E-state index contributed by atoms with van der Waals surface area (Å²) in [6, 6.07) is 4.30. The van der Waals surface area contributed by atoms with E-state index in [4.69, 9.17) is 5.11 Å². The van der Waals surface area contributed by atoms with Crippen molar-refractivity contribution in [2.75, 3.05) is 5.32 Å². The fraction of sp³-hybridized carbons (Fsp3) is 0.500. The van der Waals surface area contributed by atoms with Crippen molar-refractivity contribution in [1.82, 2.24) is 4.72 Å². The van der Waals surface area contributed by atoms with Crippen molar-refractivity contribution in [2.45, 2.75) is 50.5 Å². The van der Waals surface area contributed by atoms with Crippen molar-refractivity contribution in [1.29, 1.82) is 0 Å². The molecule has 0 spiro atoms. The van der Waals surface area contributed by atoms with Gasteiger partial charge in [-0.1, -0.05) is 6.07 Å². The van der Waals surface area contributed by atoms with Crippen molar-refractivity contribution in [3.63, 3.8) is 0 Å². The summed E-state index contributed by atoms with van der Waals surface area (Å²) in [6.45, 7) is 3.14. The van der Waals surface area contributed by atoms with Gasteiger partial charge in [0.2, 0.25) is 15.9 Å². The summed E-state index contributed by atoms with van der Waals surface area (Å²) in [5.74, 6) is -1.49. The van der Waals surface area contributed by atoms with Gasteiger partial charge in [-0.15, -0.1) is 0 Å². The topological polar surface area (TPSA) is 113 Å². The summed E-state index contributed by atoms with van der Waals surface area (Å²) in [6.07, 6.45) is 1.93. The second-order valence-corrected chi connectivity index (χ2v) is 7.88. The van der Waals surface area contributed by atoms with Gasteiger partial charge in [-0.05, 0) is 50.3 Å². The lowest BCUT2D eigenvalue weighted by Crippen LogP contribution is -2.38. The van der Waals surface area contributed by atoms with Crippen molar-refractivity contribution in [3.8, 4) is 0 Å². The molecular weight excluding hydrogens is 332 g/mol. The monoisotopic (exact) mass is 354 g/mol. The van der Waals surface area contributed by atoms with Gasteiger partial charge in [0.1, 0.15) is 0 Å². The van der Waals surface area contributed by atoms with E-state index in [2.05, 4.69) is 10.0 Å². The molecule has 1 aliphatic carbocycles. The Balaban J connectivity index is 2.11. The number of benzene rings is 1. The summed E-state index contributed by atoms with van der Waals surface area (Å²) < 4.78 is 27.7. The highest BCUT2D eigenvalue weighted by molar-refractivity contribution is 7.89. The van der Waals surface area contributed by atoms with E-state index in [-0.39, 0.29) is 16.8 Å². The molecule has 0 aromatic heterocycles. The first-order chi connectivity index (χ1) is 11.2. The van der Waals surface area contributed by atoms with Crippen LogP contribution in [0.25, 0.3) is 0 Å². The number of aryl methyl sites for hydroxylation is 1. The minimum absolute atomic E-state index is 0.0807. The van der Waals surface area contributed by atoms with E-state index < -0.39 is 21.9 Å². The lowest BCUT2D eigenvalue weighted by atomic mass is 9.87. The van der Waals surface area contributed by atoms with Gasteiger partial charge < -0.3 is 10.4 Å². The zero-order chi connectivity index (χ0) is 17.9. The molecule has 0 unspecified atom stereocenters. The molecule has 132 valence electrons. The highest BCUT2D eigenvalue weighted by Gasteiger charge is 2.29. The molecule has 3 N–H and O–H groups in total. The number of anilines is 1. The van der Waals surface area contributed by atoms with Gasteiger partial charge in [0.15, 0.2) is 0 Å². The Morgan fingerprint density at radius 1 is 1.17 bits per heavy atom. The predicted molar refractivity (Wildman–Crippen MR) is 89.2 cm³/mol. The van der Waals surface area contributed by atoms with Gasteiger partial charge in [-0.2, -0.15) is 0 Å². The number of amides is 1. The van der Waals surface area contributed by atoms with E-state index in [1.165, 1.54) is 19.1 Å². The summed E-state index contributed by atoms with van der Waals surface area (Å²) in [4.78, 5) is 22.2. The number of hydrogen-bond donors (Lipinski definition) is 3. The van der Waals surface area contributed by atoms with Crippen LogP contribution in [0, 0.1) is 12.8 Å². The maximum Gasteiger partial charge on any atom is 0.306 e. The number of nitrogens with one attached hydrogen (secondary N) is 2. The third-order valence-corrected chi connectivity index (χ3v) is 5.75. The van der Waals surface area contributed by atoms with Gasteiger partial charge in [-0.25, -0.2) is 13.1 Å². The third kappa shape index (κ3) is 4.55. The van der Waals surface area contributed by atoms with Crippen LogP contribution in [-0.2, 0) is 19.6 Å². The average Bonchev–Trinajstić information content (AvgIpc) is 2.49. The maximum atomic E-state index is 12.5. The first kappa shape index (κ1) is 18.4. The SMILES string of the molecule is CC(=O)Nc1cc(S(=O)(=O)NC2CCC(C(=O)O)CC2)ccc1C. The smallest absolute Gasteiger partial charge is 0.306 e. The Hall–Kier alpha value is -1.93. The number of carboxylic acid groups (broad SMARTS) is 1. The molecule has 1 aliphatic rings. The van der Waals surface area contributed by atoms with Crippen LogP contribution < -0.4 is 10.0 Å². The third-order valence-electron chi connectivity index (χ3n) is 4.23. The number of aliphatic carboxylic acids is 1. The van der Waals surface area contributed by atoms with E-state index in [1.54, 1.807) is 13.0 Å². The minimum Gasteiger partial charge on any atom is -0.481 e. The number of carboxylic acids is 1. The van der Waals surface area contributed by atoms with E-state index >= 15 is 0 Å². The Kier molecular flexibility index (Phi) is 5.61. The van der Waals surface area contributed by atoms with Gasteiger partial charge in [-0.3, -0.25) is 9.59 Å². The summed E-state index contributed by atoms with van der Waals surface area (Å²) >= 11 is 0. The molecule has 0 radical (unpaired) electrons. The quantitative estimate of drug-likeness (QED) is 0.747. The zero-order valence-corrected chi connectivity index (χ0v) is 14.5. The molecule has 1 amide bonds. The van der Waals surface area contributed by atoms with Crippen LogP contribution >= 0.6 is 0 Å². The Morgan fingerprint density at radius 2 is 1.79 bits per heavy atom. The van der Waals surface area contributed by atoms with Crippen LogP contribution in [0.3, 0.4) is 0 Å². The molecule has 7 nitrogen and oxygen atoms in total. The molecule has 0 bridgehead atoms. The van der Waals surface area contributed by atoms with Gasteiger partial charge in [0.05, 0.1) is 10.8 Å². The molecule has 24 heavy (non-hydrogen) atoms. The van der Waals surface area contributed by atoms with E-state index in [0.29, 0.717) is 31.4 Å². The van der Waals surface area contributed by atoms with Crippen LogP contribution in [-0.4, -0.2) is 31.4 Å². The van der Waals surface area contributed by atoms with Crippen molar-refractivity contribution in [2.24, 2.45) is 5.92 Å². The molecule has 1 aromatic rings. The van der Waals surface area contributed by atoms with Gasteiger partial charge >= 0.3 is 5.97 Å². The predicted octanol–water partition coefficient (Wildman–Crippen LogP) is 1.88. The molecule has 0 heterocycles. The lowest BCUT2D eigenvalue weighted by Gasteiger charge is -2.26. The number of carbonyl (C=O) groups is 2. The molecule has 0 saturated heterocycles. The van der Waals surface area contributed by atoms with Crippen LogP contribution in [0.2, 0.25) is 0 Å². The highest BCUT2D eigenvalue weighted by atomic mass is 32.2. The summed E-state index contributed by atoms with van der Waals surface area (Å²) in [5, 5.41) is 11.6. The average molecular weight is 354 g/mol. The fourth-order valence-corrected chi connectivity index (χ4v) is 4.17. The normalized spacial score (nSPS) is 21.2. The molecule has 1 aromatic carbocycles. The zero-order valence-electron chi connectivity index (χ0n) is 13.7. The highest BCUT2D eigenvalue weighted by Crippen LogP contribution is 2.26. The molecule has 0 atom stereocenters. The van der Waals surface area contributed by atoms with Gasteiger partial charge in [0.25, 0.3) is 0 Å². The van der Waals surface area contributed by atoms with Crippen molar-refractivity contribution >= 4 is 27.6 Å². The lowest BCUT2D eigenvalue weighted by molar-refractivity contribution is -0.142. The number of rotatable bonds is 5. The Labute approximate surface area is 141 Å². The minimum atomic E-state index is -3.72. The van der Waals surface area contributed by atoms with Crippen LogP contribution in [0.15, 0.2) is 23.1 Å². The van der Waals surface area contributed by atoms with Crippen LogP contribution in [0.5, 0.6) is 0 Å². The van der Waals surface area contributed by atoms with Crippen molar-refractivity contribution < 1.29 is 23.1 Å². The van der Waals surface area contributed by atoms with Crippen LogP contribution in [0.4, 0.5) is 5.69 Å².